The van der Waals surface area contributed by atoms with Gasteiger partial charge in [-0.3, -0.25) is 4.79 Å². The Balaban J connectivity index is 1.88. The van der Waals surface area contributed by atoms with Gasteiger partial charge in [-0.2, -0.15) is 0 Å². The molecule has 118 valence electrons. The molecule has 0 bridgehead atoms. The van der Waals surface area contributed by atoms with Gasteiger partial charge in [0.2, 0.25) is 15.9 Å². The molecule has 0 saturated heterocycles. The quantitative estimate of drug-likeness (QED) is 0.643. The van der Waals surface area contributed by atoms with Crippen molar-refractivity contribution in [3.05, 3.63) is 40.4 Å². The predicted octanol–water partition coefficient (Wildman–Crippen LogP) is 1.29. The minimum absolute atomic E-state index is 0.163. The molecule has 7 nitrogen and oxygen atoms in total. The van der Waals surface area contributed by atoms with E-state index in [-0.39, 0.29) is 27.9 Å². The summed E-state index contributed by atoms with van der Waals surface area (Å²) >= 11 is 7.10. The van der Waals surface area contributed by atoms with E-state index in [0.717, 1.165) is 11.3 Å². The third-order valence-electron chi connectivity index (χ3n) is 2.60. The van der Waals surface area contributed by atoms with Crippen molar-refractivity contribution in [2.45, 2.75) is 4.21 Å². The smallest absolute Gasteiger partial charge is 0.250 e. The van der Waals surface area contributed by atoms with Crippen molar-refractivity contribution >= 4 is 44.7 Å². The number of halogens is 1. The molecule has 0 radical (unpaired) electrons. The fraction of sp³-hybridized carbons (Fsp3) is 0.167. The topological polar surface area (TPSA) is 114 Å². The second kappa shape index (κ2) is 7.05. The molecule has 2 heterocycles. The van der Waals surface area contributed by atoms with Gasteiger partial charge in [0.25, 0.3) is 0 Å². The Kier molecular flexibility index (Phi) is 5.35. The Labute approximate surface area is 136 Å². The van der Waals surface area contributed by atoms with E-state index in [1.807, 2.05) is 0 Å². The number of carbonyl (C=O) groups excluding carboxylic acids is 1. The molecule has 0 aliphatic rings. The van der Waals surface area contributed by atoms with Gasteiger partial charge in [-0.1, -0.05) is 17.7 Å². The maximum atomic E-state index is 11.9. The van der Waals surface area contributed by atoms with Gasteiger partial charge in [0.1, 0.15) is 10.0 Å². The van der Waals surface area contributed by atoms with Crippen molar-refractivity contribution in [1.29, 1.82) is 0 Å². The van der Waals surface area contributed by atoms with Crippen LogP contribution in [0.4, 0.5) is 5.82 Å². The highest BCUT2D eigenvalue weighted by molar-refractivity contribution is 7.91. The summed E-state index contributed by atoms with van der Waals surface area (Å²) in [5.41, 5.74) is 5.32. The van der Waals surface area contributed by atoms with Gasteiger partial charge in [0, 0.05) is 19.3 Å². The number of nitrogens with two attached hydrogens (primary N) is 1. The molecule has 0 spiro atoms. The molecule has 2 rings (SSSR count). The lowest BCUT2D eigenvalue weighted by Crippen LogP contribution is -2.28. The average molecular weight is 361 g/mol. The Morgan fingerprint density at radius 3 is 2.77 bits per heavy atom. The second-order valence-electron chi connectivity index (χ2n) is 4.18. The second-order valence-corrected chi connectivity index (χ2v) is 7.52. The summed E-state index contributed by atoms with van der Waals surface area (Å²) in [5.74, 6) is -0.272. The highest BCUT2D eigenvalue weighted by Gasteiger charge is 2.14. The maximum Gasteiger partial charge on any atom is 0.250 e. The minimum atomic E-state index is -3.49. The van der Waals surface area contributed by atoms with E-state index in [2.05, 4.69) is 15.0 Å². The number of aromatic nitrogens is 1. The highest BCUT2D eigenvalue weighted by Crippen LogP contribution is 2.19. The number of thiophene rings is 1. The normalized spacial score (nSPS) is 11.3. The van der Waals surface area contributed by atoms with Crippen LogP contribution in [0, 0.1) is 0 Å². The highest BCUT2D eigenvalue weighted by atomic mass is 35.5. The predicted molar refractivity (Wildman–Crippen MR) is 85.8 cm³/mol. The molecule has 2 aromatic rings. The van der Waals surface area contributed by atoms with Crippen LogP contribution in [0.2, 0.25) is 5.02 Å². The first-order valence-electron chi connectivity index (χ1n) is 6.12. The Bertz CT molecular complexity index is 763. The Hall–Kier alpha value is -1.68. The summed E-state index contributed by atoms with van der Waals surface area (Å²) in [6.45, 7) is 0.447. The summed E-state index contributed by atoms with van der Waals surface area (Å²) in [4.78, 5) is 14.9. The van der Waals surface area contributed by atoms with E-state index in [0.29, 0.717) is 5.82 Å². The first-order valence-corrected chi connectivity index (χ1v) is 8.86. The molecule has 10 heteroatoms. The van der Waals surface area contributed by atoms with Gasteiger partial charge in [-0.15, -0.1) is 11.3 Å². The van der Waals surface area contributed by atoms with Gasteiger partial charge in [-0.05, 0) is 17.5 Å². The first-order chi connectivity index (χ1) is 10.4. The molecular formula is C12H13ClN4O3S2. The van der Waals surface area contributed by atoms with E-state index in [4.69, 9.17) is 17.3 Å². The fourth-order valence-corrected chi connectivity index (χ4v) is 3.86. The van der Waals surface area contributed by atoms with Crippen LogP contribution in [-0.2, 0) is 10.0 Å². The van der Waals surface area contributed by atoms with E-state index in [9.17, 15) is 13.2 Å². The van der Waals surface area contributed by atoms with E-state index in [1.165, 1.54) is 18.3 Å². The van der Waals surface area contributed by atoms with Crippen molar-refractivity contribution in [2.75, 3.05) is 18.4 Å². The van der Waals surface area contributed by atoms with Gasteiger partial charge >= 0.3 is 0 Å². The number of hydrogen-bond acceptors (Lipinski definition) is 6. The summed E-state index contributed by atoms with van der Waals surface area (Å²) < 4.78 is 26.5. The van der Waals surface area contributed by atoms with Crippen molar-refractivity contribution in [2.24, 2.45) is 5.73 Å². The molecule has 0 unspecified atom stereocenters. The molecule has 0 aromatic carbocycles. The SMILES string of the molecule is NC(=O)c1cnc(NCCNS(=O)(=O)c2cccs2)c(Cl)c1. The number of amides is 1. The number of nitrogens with one attached hydrogen (secondary N) is 2. The maximum absolute atomic E-state index is 11.9. The van der Waals surface area contributed by atoms with Crippen LogP contribution < -0.4 is 15.8 Å². The Morgan fingerprint density at radius 2 is 2.18 bits per heavy atom. The lowest BCUT2D eigenvalue weighted by molar-refractivity contribution is 0.1000. The van der Waals surface area contributed by atoms with Gasteiger partial charge in [0.05, 0.1) is 10.6 Å². The third kappa shape index (κ3) is 4.17. The molecule has 22 heavy (non-hydrogen) atoms. The number of hydrogen-bond donors (Lipinski definition) is 3. The summed E-state index contributed by atoms with van der Waals surface area (Å²) in [6, 6.07) is 4.60. The molecule has 1 amide bonds. The molecule has 4 N–H and O–H groups in total. The summed E-state index contributed by atoms with van der Waals surface area (Å²) in [7, 11) is -3.49. The van der Waals surface area contributed by atoms with Crippen molar-refractivity contribution in [3.63, 3.8) is 0 Å². The number of carbonyl (C=O) groups is 1. The van der Waals surface area contributed by atoms with Crippen LogP contribution in [0.25, 0.3) is 0 Å². The zero-order valence-electron chi connectivity index (χ0n) is 11.2. The number of nitrogens with zero attached hydrogens (tertiary/aromatic N) is 1. The van der Waals surface area contributed by atoms with Crippen LogP contribution >= 0.6 is 22.9 Å². The lowest BCUT2D eigenvalue weighted by Gasteiger charge is -2.09. The van der Waals surface area contributed by atoms with Crippen molar-refractivity contribution in [1.82, 2.24) is 9.71 Å². The minimum Gasteiger partial charge on any atom is -0.368 e. The van der Waals surface area contributed by atoms with Gasteiger partial charge in [-0.25, -0.2) is 18.1 Å². The van der Waals surface area contributed by atoms with Crippen LogP contribution in [0.3, 0.4) is 0 Å². The molecule has 0 aliphatic carbocycles. The molecule has 0 atom stereocenters. The van der Waals surface area contributed by atoms with Crippen LogP contribution in [0.5, 0.6) is 0 Å². The first kappa shape index (κ1) is 16.7. The molecule has 0 fully saturated rings. The van der Waals surface area contributed by atoms with Gasteiger partial charge < -0.3 is 11.1 Å². The molecule has 0 saturated carbocycles. The number of anilines is 1. The van der Waals surface area contributed by atoms with Crippen molar-refractivity contribution in [3.8, 4) is 0 Å². The van der Waals surface area contributed by atoms with Crippen LogP contribution in [0.1, 0.15) is 10.4 Å². The number of pyridine rings is 1. The number of sulfonamides is 1. The van der Waals surface area contributed by atoms with Crippen LogP contribution in [0.15, 0.2) is 34.0 Å². The molecular weight excluding hydrogens is 348 g/mol. The monoisotopic (exact) mass is 360 g/mol. The Morgan fingerprint density at radius 1 is 1.41 bits per heavy atom. The summed E-state index contributed by atoms with van der Waals surface area (Å²) in [6.07, 6.45) is 1.30. The zero-order valence-corrected chi connectivity index (χ0v) is 13.6. The fourth-order valence-electron chi connectivity index (χ4n) is 1.56. The number of rotatable bonds is 7. The summed E-state index contributed by atoms with van der Waals surface area (Å²) in [5, 5.41) is 4.80. The van der Waals surface area contributed by atoms with E-state index in [1.54, 1.807) is 11.4 Å². The van der Waals surface area contributed by atoms with Crippen LogP contribution in [-0.4, -0.2) is 32.4 Å². The third-order valence-corrected chi connectivity index (χ3v) is 5.74. The standard InChI is InChI=1S/C12H13ClN4O3S2/c13-9-6-8(11(14)18)7-16-12(9)15-3-4-17-22(19,20)10-2-1-5-21-10/h1-2,5-7,17H,3-4H2,(H2,14,18)(H,15,16). The average Bonchev–Trinajstić information content (AvgIpc) is 2.99. The lowest BCUT2D eigenvalue weighted by atomic mass is 10.3. The number of primary amides is 1. The van der Waals surface area contributed by atoms with E-state index < -0.39 is 15.9 Å². The van der Waals surface area contributed by atoms with E-state index >= 15 is 0 Å². The van der Waals surface area contributed by atoms with Crippen molar-refractivity contribution < 1.29 is 13.2 Å². The zero-order chi connectivity index (χ0) is 16.2. The molecule has 2 aromatic heterocycles. The molecule has 0 aliphatic heterocycles. The van der Waals surface area contributed by atoms with Gasteiger partial charge in [0.15, 0.2) is 0 Å². The largest absolute Gasteiger partial charge is 0.368 e.